The van der Waals surface area contributed by atoms with Gasteiger partial charge in [-0.05, 0) is 77.0 Å². The van der Waals surface area contributed by atoms with Gasteiger partial charge in [0.2, 0.25) is 0 Å². The Bertz CT molecular complexity index is 1180. The molecule has 0 spiro atoms. The summed E-state index contributed by atoms with van der Waals surface area (Å²) in [5, 5.41) is 40.1. The van der Waals surface area contributed by atoms with E-state index in [1.54, 1.807) is 0 Å². The number of unbranched alkanes of at least 4 members (excludes halogenated alkanes) is 19. The van der Waals surface area contributed by atoms with Gasteiger partial charge >= 0.3 is 11.9 Å². The lowest BCUT2D eigenvalue weighted by Crippen LogP contribution is -2.59. The summed E-state index contributed by atoms with van der Waals surface area (Å²) in [6, 6.07) is 0. The highest BCUT2D eigenvalue weighted by Crippen LogP contribution is 2.23. The van der Waals surface area contributed by atoms with E-state index in [1.807, 2.05) is 0 Å². The average Bonchev–Trinajstić information content (AvgIpc) is 3.26. The van der Waals surface area contributed by atoms with Gasteiger partial charge in [-0.15, -0.1) is 0 Å². The number of rotatable bonds is 40. The number of allylic oxidation sites excluding steroid dienone is 10. The molecule has 0 bridgehead atoms. The summed E-state index contributed by atoms with van der Waals surface area (Å²) in [5.74, 6) is -0.826. The van der Waals surface area contributed by atoms with Crippen LogP contribution in [-0.2, 0) is 28.5 Å². The fraction of sp³-hybridized carbons (Fsp3) is 0.765. The van der Waals surface area contributed by atoms with E-state index in [1.165, 1.54) is 70.6 Å². The van der Waals surface area contributed by atoms with Gasteiger partial charge in [0.1, 0.15) is 31.0 Å². The van der Waals surface area contributed by atoms with Gasteiger partial charge in [-0.3, -0.25) is 9.59 Å². The Kier molecular flexibility index (Phi) is 38.3. The molecule has 4 N–H and O–H groups in total. The number of aliphatic hydroxyl groups excluding tert-OH is 4. The molecule has 1 aliphatic rings. The largest absolute Gasteiger partial charge is 0.462 e. The van der Waals surface area contributed by atoms with Crippen LogP contribution >= 0.6 is 0 Å². The van der Waals surface area contributed by atoms with Crippen molar-refractivity contribution in [3.05, 3.63) is 60.8 Å². The van der Waals surface area contributed by atoms with Gasteiger partial charge in [-0.25, -0.2) is 0 Å². The van der Waals surface area contributed by atoms with Crippen LogP contribution in [0.2, 0.25) is 0 Å². The molecule has 0 aromatic rings. The maximum absolute atomic E-state index is 12.8. The third-order valence-electron chi connectivity index (χ3n) is 10.9. The van der Waals surface area contributed by atoms with E-state index in [0.717, 1.165) is 83.5 Å². The second kappa shape index (κ2) is 41.4. The SMILES string of the molecule is CC/C=C\C/C=C\C/C=C\C/C=C\CCCCCCCCCCC(=O)OC(COC(=O)CCCCCCC/C=C\CCCCCCCC)COC1OC(CO)C(O)C(O)C1O. The first-order chi connectivity index (χ1) is 29.8. The third-order valence-corrected chi connectivity index (χ3v) is 10.9. The summed E-state index contributed by atoms with van der Waals surface area (Å²) in [5.41, 5.74) is 0. The maximum atomic E-state index is 12.8. The number of hydrogen-bond acceptors (Lipinski definition) is 10. The van der Waals surface area contributed by atoms with Crippen molar-refractivity contribution in [3.63, 3.8) is 0 Å². The van der Waals surface area contributed by atoms with Crippen molar-refractivity contribution < 1.29 is 49.0 Å². The first-order valence-corrected chi connectivity index (χ1v) is 24.4. The Morgan fingerprint density at radius 3 is 1.48 bits per heavy atom. The van der Waals surface area contributed by atoms with Gasteiger partial charge in [0.05, 0.1) is 13.2 Å². The van der Waals surface area contributed by atoms with Crippen molar-refractivity contribution in [3.8, 4) is 0 Å². The van der Waals surface area contributed by atoms with Gasteiger partial charge in [0.15, 0.2) is 12.4 Å². The van der Waals surface area contributed by atoms with Gasteiger partial charge < -0.3 is 39.4 Å². The molecule has 0 aromatic heterocycles. The zero-order chi connectivity index (χ0) is 44.4. The standard InChI is InChI=1S/C51H88O10/c1-3-5-7-9-11-13-15-17-19-20-21-22-23-24-26-28-30-32-34-36-38-40-47(54)60-44(43-59-51-50(57)49(56)48(55)45(41-52)61-51)42-58-46(53)39-37-35-33-31-29-27-25-18-16-14-12-10-8-6-4-2/h5,7,11,13,17-19,21-22,25,44-45,48-52,55-57H,3-4,6,8-10,12,14-16,20,23-24,26-43H2,1-2H3/b7-5-,13-11-,19-17-,22-21-,25-18-. The van der Waals surface area contributed by atoms with Crippen LogP contribution in [0.3, 0.4) is 0 Å². The first kappa shape index (κ1) is 56.4. The fourth-order valence-corrected chi connectivity index (χ4v) is 7.06. The Morgan fingerprint density at radius 2 is 0.967 bits per heavy atom. The normalized spacial score (nSPS) is 20.3. The summed E-state index contributed by atoms with van der Waals surface area (Å²) in [7, 11) is 0. The number of hydrogen-bond donors (Lipinski definition) is 4. The summed E-state index contributed by atoms with van der Waals surface area (Å²) in [6.07, 6.45) is 43.6. The lowest BCUT2D eigenvalue weighted by atomic mass is 9.99. The second-order valence-electron chi connectivity index (χ2n) is 16.5. The average molecular weight is 861 g/mol. The minimum atomic E-state index is -1.60. The molecule has 352 valence electrons. The van der Waals surface area contributed by atoms with Crippen LogP contribution in [0.15, 0.2) is 60.8 Å². The van der Waals surface area contributed by atoms with Gasteiger partial charge in [-0.2, -0.15) is 0 Å². The van der Waals surface area contributed by atoms with E-state index in [-0.39, 0.29) is 32.0 Å². The highest BCUT2D eigenvalue weighted by Gasteiger charge is 2.44. The molecule has 1 aliphatic heterocycles. The van der Waals surface area contributed by atoms with E-state index in [9.17, 15) is 30.0 Å². The number of esters is 2. The summed E-state index contributed by atoms with van der Waals surface area (Å²) >= 11 is 0. The molecule has 0 aromatic carbocycles. The molecule has 10 heteroatoms. The van der Waals surface area contributed by atoms with Gasteiger partial charge in [0, 0.05) is 12.8 Å². The molecule has 1 rings (SSSR count). The predicted molar refractivity (Wildman–Crippen MR) is 247 cm³/mol. The fourth-order valence-electron chi connectivity index (χ4n) is 7.06. The van der Waals surface area contributed by atoms with Crippen molar-refractivity contribution in [2.45, 2.75) is 230 Å². The zero-order valence-corrected chi connectivity index (χ0v) is 38.4. The number of ether oxygens (including phenoxy) is 4. The van der Waals surface area contributed by atoms with Crippen LogP contribution in [0.5, 0.6) is 0 Å². The highest BCUT2D eigenvalue weighted by molar-refractivity contribution is 5.70. The van der Waals surface area contributed by atoms with Crippen molar-refractivity contribution in [1.29, 1.82) is 0 Å². The topological polar surface area (TPSA) is 152 Å². The molecule has 1 saturated heterocycles. The molecule has 6 unspecified atom stereocenters. The molecule has 0 saturated carbocycles. The molecule has 6 atom stereocenters. The third kappa shape index (κ3) is 32.7. The summed E-state index contributed by atoms with van der Waals surface area (Å²) < 4.78 is 22.2. The van der Waals surface area contributed by atoms with E-state index in [4.69, 9.17) is 18.9 Å². The monoisotopic (exact) mass is 861 g/mol. The predicted octanol–water partition coefficient (Wildman–Crippen LogP) is 11.0. The molecular formula is C51H88O10. The van der Waals surface area contributed by atoms with E-state index in [2.05, 4.69) is 74.6 Å². The van der Waals surface area contributed by atoms with Crippen molar-refractivity contribution in [2.24, 2.45) is 0 Å². The Morgan fingerprint density at radius 1 is 0.525 bits per heavy atom. The molecule has 10 nitrogen and oxygen atoms in total. The quantitative estimate of drug-likeness (QED) is 0.0266. The minimum absolute atomic E-state index is 0.217. The van der Waals surface area contributed by atoms with E-state index >= 15 is 0 Å². The highest BCUT2D eigenvalue weighted by atomic mass is 16.7. The van der Waals surface area contributed by atoms with Crippen LogP contribution < -0.4 is 0 Å². The maximum Gasteiger partial charge on any atom is 0.306 e. The van der Waals surface area contributed by atoms with Crippen molar-refractivity contribution >= 4 is 11.9 Å². The molecule has 0 aliphatic carbocycles. The number of aliphatic hydroxyl groups is 4. The Hall–Kier alpha value is -2.60. The summed E-state index contributed by atoms with van der Waals surface area (Å²) in [6.45, 7) is 3.29. The van der Waals surface area contributed by atoms with Crippen LogP contribution in [-0.4, -0.2) is 89.0 Å². The molecule has 1 heterocycles. The Labute approximate surface area is 370 Å². The van der Waals surface area contributed by atoms with Crippen LogP contribution in [0, 0.1) is 0 Å². The van der Waals surface area contributed by atoms with Gasteiger partial charge in [0.25, 0.3) is 0 Å². The number of carbonyl (C=O) groups is 2. The van der Waals surface area contributed by atoms with Crippen molar-refractivity contribution in [1.82, 2.24) is 0 Å². The minimum Gasteiger partial charge on any atom is -0.462 e. The molecule has 0 amide bonds. The molecule has 1 fully saturated rings. The number of carbonyl (C=O) groups excluding carboxylic acids is 2. The molecular weight excluding hydrogens is 773 g/mol. The van der Waals surface area contributed by atoms with Crippen LogP contribution in [0.25, 0.3) is 0 Å². The van der Waals surface area contributed by atoms with E-state index in [0.29, 0.717) is 12.8 Å². The zero-order valence-electron chi connectivity index (χ0n) is 38.4. The van der Waals surface area contributed by atoms with Crippen LogP contribution in [0.4, 0.5) is 0 Å². The lowest BCUT2D eigenvalue weighted by Gasteiger charge is -2.39. The summed E-state index contributed by atoms with van der Waals surface area (Å²) in [4.78, 5) is 25.4. The Balaban J connectivity index is 2.30. The van der Waals surface area contributed by atoms with Crippen LogP contribution in [0.1, 0.15) is 194 Å². The smallest absolute Gasteiger partial charge is 0.306 e. The second-order valence-corrected chi connectivity index (χ2v) is 16.5. The lowest BCUT2D eigenvalue weighted by molar-refractivity contribution is -0.305. The van der Waals surface area contributed by atoms with Gasteiger partial charge in [-0.1, -0.05) is 164 Å². The molecule has 61 heavy (non-hydrogen) atoms. The van der Waals surface area contributed by atoms with Crippen molar-refractivity contribution in [2.75, 3.05) is 19.8 Å². The first-order valence-electron chi connectivity index (χ1n) is 24.4. The molecule has 0 radical (unpaired) electrons. The van der Waals surface area contributed by atoms with E-state index < -0.39 is 49.4 Å².